The number of rotatable bonds is 37. The molecule has 0 fully saturated rings. The Bertz CT molecular complexity index is 827. The molecule has 0 rings (SSSR count). The molecule has 49 heavy (non-hydrogen) atoms. The minimum atomic E-state index is -0.868. The Kier molecular flexibility index (Phi) is 38.9. The normalized spacial score (nSPS) is 13.6. The molecule has 0 aromatic carbocycles. The molecule has 1 amide bonds. The molecule has 0 saturated carbocycles. The van der Waals surface area contributed by atoms with Crippen LogP contribution in [0.2, 0.25) is 0 Å². The highest BCUT2D eigenvalue weighted by Crippen LogP contribution is 2.14. The molecular formula is C45H81NO3. The first kappa shape index (κ1) is 47.1. The van der Waals surface area contributed by atoms with E-state index >= 15 is 0 Å². The maximum atomic E-state index is 12.4. The molecule has 0 aliphatic heterocycles. The molecule has 0 aromatic rings. The van der Waals surface area contributed by atoms with E-state index in [1.54, 1.807) is 6.08 Å². The smallest absolute Gasteiger partial charge is 0.220 e. The van der Waals surface area contributed by atoms with E-state index in [0.29, 0.717) is 6.42 Å². The van der Waals surface area contributed by atoms with Gasteiger partial charge < -0.3 is 15.5 Å². The lowest BCUT2D eigenvalue weighted by Gasteiger charge is -2.19. The number of aliphatic hydroxyl groups is 2. The molecule has 0 aromatic heterocycles. The van der Waals surface area contributed by atoms with E-state index in [4.69, 9.17) is 0 Å². The Morgan fingerprint density at radius 1 is 0.510 bits per heavy atom. The predicted molar refractivity (Wildman–Crippen MR) is 216 cm³/mol. The van der Waals surface area contributed by atoms with Crippen LogP contribution in [-0.2, 0) is 4.79 Å². The maximum absolute atomic E-state index is 12.4. The van der Waals surface area contributed by atoms with Crippen LogP contribution >= 0.6 is 0 Å². The average Bonchev–Trinajstić information content (AvgIpc) is 3.10. The summed E-state index contributed by atoms with van der Waals surface area (Å²) in [6, 6.07) is -0.646. The lowest BCUT2D eigenvalue weighted by Crippen LogP contribution is -2.45. The fraction of sp³-hybridized carbons (Fsp3) is 0.756. The summed E-state index contributed by atoms with van der Waals surface area (Å²) in [5.41, 5.74) is 0. The van der Waals surface area contributed by atoms with Gasteiger partial charge in [-0.3, -0.25) is 4.79 Å². The third-order valence-corrected chi connectivity index (χ3v) is 9.23. The van der Waals surface area contributed by atoms with E-state index in [-0.39, 0.29) is 12.5 Å². The average molecular weight is 684 g/mol. The summed E-state index contributed by atoms with van der Waals surface area (Å²) in [4.78, 5) is 12.4. The van der Waals surface area contributed by atoms with E-state index in [0.717, 1.165) is 64.2 Å². The highest BCUT2D eigenvalue weighted by atomic mass is 16.3. The summed E-state index contributed by atoms with van der Waals surface area (Å²) in [6.45, 7) is 4.18. The molecular weight excluding hydrogens is 602 g/mol. The zero-order valence-corrected chi connectivity index (χ0v) is 32.4. The molecule has 0 aliphatic rings. The van der Waals surface area contributed by atoms with Crippen LogP contribution < -0.4 is 5.32 Å². The Morgan fingerprint density at radius 3 is 1.43 bits per heavy atom. The van der Waals surface area contributed by atoms with Gasteiger partial charge in [0.1, 0.15) is 0 Å². The van der Waals surface area contributed by atoms with Crippen molar-refractivity contribution in [3.05, 3.63) is 60.8 Å². The van der Waals surface area contributed by atoms with E-state index in [9.17, 15) is 15.0 Å². The van der Waals surface area contributed by atoms with Gasteiger partial charge in [0, 0.05) is 6.42 Å². The van der Waals surface area contributed by atoms with Gasteiger partial charge >= 0.3 is 0 Å². The highest BCUT2D eigenvalue weighted by Gasteiger charge is 2.17. The first-order valence-corrected chi connectivity index (χ1v) is 21.0. The third-order valence-electron chi connectivity index (χ3n) is 9.23. The van der Waals surface area contributed by atoms with Gasteiger partial charge in [-0.2, -0.15) is 0 Å². The van der Waals surface area contributed by atoms with E-state index in [1.807, 2.05) is 6.08 Å². The topological polar surface area (TPSA) is 69.6 Å². The Hall–Kier alpha value is -1.91. The molecule has 284 valence electrons. The lowest BCUT2D eigenvalue weighted by atomic mass is 10.0. The van der Waals surface area contributed by atoms with E-state index < -0.39 is 12.1 Å². The molecule has 0 bridgehead atoms. The summed E-state index contributed by atoms with van der Waals surface area (Å²) in [5, 5.41) is 23.0. The zero-order chi connectivity index (χ0) is 35.7. The number of hydrogen-bond acceptors (Lipinski definition) is 3. The van der Waals surface area contributed by atoms with Crippen LogP contribution in [0.25, 0.3) is 0 Å². The second kappa shape index (κ2) is 40.5. The third kappa shape index (κ3) is 37.2. The largest absolute Gasteiger partial charge is 0.394 e. The highest BCUT2D eigenvalue weighted by molar-refractivity contribution is 5.76. The molecule has 4 heteroatoms. The number of carbonyl (C=O) groups excluding carboxylic acids is 1. The van der Waals surface area contributed by atoms with Gasteiger partial charge in [-0.1, -0.05) is 190 Å². The van der Waals surface area contributed by atoms with Crippen LogP contribution in [-0.4, -0.2) is 34.9 Å². The maximum Gasteiger partial charge on any atom is 0.220 e. The Morgan fingerprint density at radius 2 is 0.918 bits per heavy atom. The summed E-state index contributed by atoms with van der Waals surface area (Å²) in [7, 11) is 0. The standard InChI is InChI=1S/C45H81NO3/c1-3-5-7-9-11-13-15-17-19-21-22-23-25-26-28-30-32-34-36-38-40-44(48)43(42-47)46-45(49)41-39-37-35-33-31-29-27-24-20-18-16-14-12-10-8-6-4-2/h6,8,12,14,18,20,30,32,38,40,43-44,47-48H,3-5,7,9-11,13,15-17,19,21-29,31,33-37,39,41-42H2,1-2H3,(H,46,49)/b8-6-,14-12-,20-18-,32-30+,40-38+. The number of aliphatic hydroxyl groups excluding tert-OH is 2. The molecule has 2 atom stereocenters. The molecule has 3 N–H and O–H groups in total. The minimum Gasteiger partial charge on any atom is -0.394 e. The van der Waals surface area contributed by atoms with Crippen molar-refractivity contribution >= 4 is 5.91 Å². The quantitative estimate of drug-likeness (QED) is 0.0451. The van der Waals surface area contributed by atoms with Crippen molar-refractivity contribution < 1.29 is 15.0 Å². The Balaban J connectivity index is 3.65. The van der Waals surface area contributed by atoms with Gasteiger partial charge in [0.15, 0.2) is 0 Å². The van der Waals surface area contributed by atoms with Crippen molar-refractivity contribution in [1.82, 2.24) is 5.32 Å². The van der Waals surface area contributed by atoms with Gasteiger partial charge in [-0.15, -0.1) is 0 Å². The summed E-state index contributed by atoms with van der Waals surface area (Å²) in [6.07, 6.45) is 56.1. The second-order valence-electron chi connectivity index (χ2n) is 14.0. The zero-order valence-electron chi connectivity index (χ0n) is 32.4. The van der Waals surface area contributed by atoms with Crippen LogP contribution in [0.5, 0.6) is 0 Å². The number of carbonyl (C=O) groups is 1. The number of nitrogens with one attached hydrogen (secondary N) is 1. The molecule has 0 heterocycles. The molecule has 0 saturated heterocycles. The number of amides is 1. The number of hydrogen-bond donors (Lipinski definition) is 3. The molecule has 4 nitrogen and oxygen atoms in total. The summed E-state index contributed by atoms with van der Waals surface area (Å²) < 4.78 is 0. The van der Waals surface area contributed by atoms with Crippen LogP contribution in [0, 0.1) is 0 Å². The second-order valence-corrected chi connectivity index (χ2v) is 14.0. The van der Waals surface area contributed by atoms with Crippen LogP contribution in [0.3, 0.4) is 0 Å². The first-order chi connectivity index (χ1) is 24.2. The van der Waals surface area contributed by atoms with Gasteiger partial charge in [0.25, 0.3) is 0 Å². The lowest BCUT2D eigenvalue weighted by molar-refractivity contribution is -0.123. The Labute approximate surface area is 305 Å². The number of allylic oxidation sites excluding steroid dienone is 9. The van der Waals surface area contributed by atoms with Crippen molar-refractivity contribution in [2.75, 3.05) is 6.61 Å². The van der Waals surface area contributed by atoms with Crippen LogP contribution in [0.15, 0.2) is 60.8 Å². The van der Waals surface area contributed by atoms with Crippen LogP contribution in [0.4, 0.5) is 0 Å². The van der Waals surface area contributed by atoms with Crippen molar-refractivity contribution in [3.8, 4) is 0 Å². The van der Waals surface area contributed by atoms with Crippen molar-refractivity contribution in [2.45, 2.75) is 212 Å². The fourth-order valence-corrected chi connectivity index (χ4v) is 6.03. The van der Waals surface area contributed by atoms with Gasteiger partial charge in [-0.25, -0.2) is 0 Å². The molecule has 2 unspecified atom stereocenters. The van der Waals surface area contributed by atoms with Crippen molar-refractivity contribution in [1.29, 1.82) is 0 Å². The summed E-state index contributed by atoms with van der Waals surface area (Å²) in [5.74, 6) is -0.0861. The molecule has 0 aliphatic carbocycles. The monoisotopic (exact) mass is 684 g/mol. The first-order valence-electron chi connectivity index (χ1n) is 21.0. The molecule has 0 spiro atoms. The fourth-order valence-electron chi connectivity index (χ4n) is 6.03. The van der Waals surface area contributed by atoms with Crippen LogP contribution in [0.1, 0.15) is 200 Å². The van der Waals surface area contributed by atoms with Gasteiger partial charge in [0.2, 0.25) is 5.91 Å². The van der Waals surface area contributed by atoms with E-state index in [2.05, 4.69) is 67.8 Å². The minimum absolute atomic E-state index is 0.0861. The van der Waals surface area contributed by atoms with Gasteiger partial charge in [0.05, 0.1) is 18.8 Å². The van der Waals surface area contributed by atoms with Crippen molar-refractivity contribution in [2.24, 2.45) is 0 Å². The van der Waals surface area contributed by atoms with Gasteiger partial charge in [-0.05, 0) is 64.2 Å². The molecule has 0 radical (unpaired) electrons. The predicted octanol–water partition coefficient (Wildman–Crippen LogP) is 13.0. The van der Waals surface area contributed by atoms with Crippen molar-refractivity contribution in [3.63, 3.8) is 0 Å². The number of unbranched alkanes of at least 4 members (excludes halogenated alkanes) is 22. The van der Waals surface area contributed by atoms with E-state index in [1.165, 1.54) is 116 Å². The SMILES string of the molecule is CC/C=C\C/C=C\C/C=C\CCCCCCCCCC(=O)NC(CO)C(O)/C=C/CC/C=C/CCCCCCCCCCCCCCCC. The summed E-state index contributed by atoms with van der Waals surface area (Å²) >= 11 is 0.